The molecule has 0 aliphatic carbocycles. The zero-order valence-electron chi connectivity index (χ0n) is 8.53. The van der Waals surface area contributed by atoms with Gasteiger partial charge in [0.05, 0.1) is 13.0 Å². The smallest absolute Gasteiger partial charge is 0.224 e. The molecule has 15 heavy (non-hydrogen) atoms. The largest absolute Gasteiger partial charge is 0.394 e. The van der Waals surface area contributed by atoms with Crippen LogP contribution in [0.3, 0.4) is 0 Å². The summed E-state index contributed by atoms with van der Waals surface area (Å²) in [6, 6.07) is 7.63. The van der Waals surface area contributed by atoms with Gasteiger partial charge in [-0.3, -0.25) is 4.79 Å². The van der Waals surface area contributed by atoms with Gasteiger partial charge in [0.15, 0.2) is 0 Å². The van der Waals surface area contributed by atoms with E-state index in [4.69, 9.17) is 5.11 Å². The highest BCUT2D eigenvalue weighted by Crippen LogP contribution is 2.08. The van der Waals surface area contributed by atoms with Crippen molar-refractivity contribution in [1.82, 2.24) is 5.32 Å². The van der Waals surface area contributed by atoms with Gasteiger partial charge in [0.25, 0.3) is 0 Å². The summed E-state index contributed by atoms with van der Waals surface area (Å²) >= 11 is 2.21. The SMILES string of the molecule is CC(CO)NC(=O)Cc1cccc(I)c1. The summed E-state index contributed by atoms with van der Waals surface area (Å²) in [7, 11) is 0. The summed E-state index contributed by atoms with van der Waals surface area (Å²) < 4.78 is 1.12. The predicted molar refractivity (Wildman–Crippen MR) is 67.6 cm³/mol. The summed E-state index contributed by atoms with van der Waals surface area (Å²) in [5.41, 5.74) is 0.990. The van der Waals surface area contributed by atoms with Crippen molar-refractivity contribution in [3.63, 3.8) is 0 Å². The number of carbonyl (C=O) groups is 1. The fraction of sp³-hybridized carbons (Fsp3) is 0.364. The molecule has 82 valence electrons. The van der Waals surface area contributed by atoms with Gasteiger partial charge in [-0.25, -0.2) is 0 Å². The van der Waals surface area contributed by atoms with E-state index in [9.17, 15) is 4.79 Å². The first-order chi connectivity index (χ1) is 7.11. The van der Waals surface area contributed by atoms with E-state index < -0.39 is 0 Å². The summed E-state index contributed by atoms with van der Waals surface area (Å²) in [5, 5.41) is 11.5. The van der Waals surface area contributed by atoms with Gasteiger partial charge in [-0.2, -0.15) is 0 Å². The van der Waals surface area contributed by atoms with Crippen molar-refractivity contribution in [3.05, 3.63) is 33.4 Å². The Labute approximate surface area is 103 Å². The second-order valence-corrected chi connectivity index (χ2v) is 4.70. The highest BCUT2D eigenvalue weighted by Gasteiger charge is 2.06. The van der Waals surface area contributed by atoms with Crippen molar-refractivity contribution in [2.24, 2.45) is 0 Å². The Balaban J connectivity index is 2.51. The molecule has 0 spiro atoms. The molecule has 1 unspecified atom stereocenters. The van der Waals surface area contributed by atoms with Gasteiger partial charge < -0.3 is 10.4 Å². The maximum atomic E-state index is 11.5. The van der Waals surface area contributed by atoms with Crippen LogP contribution in [-0.2, 0) is 11.2 Å². The first-order valence-corrected chi connectivity index (χ1v) is 5.84. The maximum absolute atomic E-state index is 11.5. The molecule has 0 aromatic heterocycles. The number of hydrogen-bond acceptors (Lipinski definition) is 2. The molecule has 0 bridgehead atoms. The van der Waals surface area contributed by atoms with Gasteiger partial charge in [-0.05, 0) is 47.2 Å². The number of aliphatic hydroxyl groups is 1. The van der Waals surface area contributed by atoms with Crippen LogP contribution in [0.2, 0.25) is 0 Å². The zero-order chi connectivity index (χ0) is 11.3. The first kappa shape index (κ1) is 12.4. The van der Waals surface area contributed by atoms with Gasteiger partial charge in [0.1, 0.15) is 0 Å². The van der Waals surface area contributed by atoms with Crippen molar-refractivity contribution in [2.45, 2.75) is 19.4 Å². The van der Waals surface area contributed by atoms with E-state index in [0.29, 0.717) is 6.42 Å². The van der Waals surface area contributed by atoms with Crippen molar-refractivity contribution in [2.75, 3.05) is 6.61 Å². The molecule has 0 saturated carbocycles. The van der Waals surface area contributed by atoms with E-state index in [-0.39, 0.29) is 18.6 Å². The first-order valence-electron chi connectivity index (χ1n) is 4.76. The highest BCUT2D eigenvalue weighted by atomic mass is 127. The third kappa shape index (κ3) is 4.61. The summed E-state index contributed by atoms with van der Waals surface area (Å²) in [6.07, 6.45) is 0.362. The molecule has 1 rings (SSSR count). The number of nitrogens with one attached hydrogen (secondary N) is 1. The van der Waals surface area contributed by atoms with E-state index >= 15 is 0 Å². The Morgan fingerprint density at radius 2 is 2.33 bits per heavy atom. The fourth-order valence-corrected chi connectivity index (χ4v) is 1.81. The molecule has 1 aromatic carbocycles. The average molecular weight is 319 g/mol. The molecule has 1 amide bonds. The van der Waals surface area contributed by atoms with E-state index in [1.54, 1.807) is 6.92 Å². The third-order valence-corrected chi connectivity index (χ3v) is 2.61. The quantitative estimate of drug-likeness (QED) is 0.823. The van der Waals surface area contributed by atoms with Gasteiger partial charge in [0.2, 0.25) is 5.91 Å². The lowest BCUT2D eigenvalue weighted by Gasteiger charge is -2.10. The second-order valence-electron chi connectivity index (χ2n) is 3.46. The van der Waals surface area contributed by atoms with Crippen molar-refractivity contribution in [1.29, 1.82) is 0 Å². The number of amides is 1. The summed E-state index contributed by atoms with van der Waals surface area (Å²) in [4.78, 5) is 11.5. The third-order valence-electron chi connectivity index (χ3n) is 1.93. The van der Waals surface area contributed by atoms with Gasteiger partial charge >= 0.3 is 0 Å². The van der Waals surface area contributed by atoms with Crippen molar-refractivity contribution in [3.8, 4) is 0 Å². The fourth-order valence-electron chi connectivity index (χ4n) is 1.20. The minimum Gasteiger partial charge on any atom is -0.394 e. The van der Waals surface area contributed by atoms with Gasteiger partial charge in [-0.1, -0.05) is 12.1 Å². The average Bonchev–Trinajstić information content (AvgIpc) is 2.17. The number of benzene rings is 1. The molecule has 2 N–H and O–H groups in total. The number of hydrogen-bond donors (Lipinski definition) is 2. The lowest BCUT2D eigenvalue weighted by atomic mass is 10.1. The number of halogens is 1. The Morgan fingerprint density at radius 3 is 2.93 bits per heavy atom. The Morgan fingerprint density at radius 1 is 1.60 bits per heavy atom. The van der Waals surface area contributed by atoms with Crippen molar-refractivity contribution >= 4 is 28.5 Å². The Kier molecular flexibility index (Phi) is 5.04. The van der Waals surface area contributed by atoms with Crippen LogP contribution in [0, 0.1) is 3.57 Å². The van der Waals surface area contributed by atoms with Gasteiger partial charge in [-0.15, -0.1) is 0 Å². The summed E-state index contributed by atoms with van der Waals surface area (Å²) in [5.74, 6) is -0.0569. The minimum absolute atomic E-state index is 0.0297. The van der Waals surface area contributed by atoms with Crippen LogP contribution >= 0.6 is 22.6 Å². The zero-order valence-corrected chi connectivity index (χ0v) is 10.7. The van der Waals surface area contributed by atoms with Gasteiger partial charge in [0, 0.05) is 9.61 Å². The molecule has 1 atom stereocenters. The van der Waals surface area contributed by atoms with E-state index in [0.717, 1.165) is 9.13 Å². The second kappa shape index (κ2) is 6.07. The molecule has 0 heterocycles. The molecule has 1 aromatic rings. The van der Waals surface area contributed by atoms with Crippen LogP contribution in [0.15, 0.2) is 24.3 Å². The normalized spacial score (nSPS) is 12.2. The van der Waals surface area contributed by atoms with E-state index in [1.165, 1.54) is 0 Å². The summed E-state index contributed by atoms with van der Waals surface area (Å²) in [6.45, 7) is 1.74. The predicted octanol–water partition coefficient (Wildman–Crippen LogP) is 1.33. The van der Waals surface area contributed by atoms with E-state index in [2.05, 4.69) is 27.9 Å². The molecule has 0 aliphatic rings. The molecular formula is C11H14INO2. The van der Waals surface area contributed by atoms with E-state index in [1.807, 2.05) is 24.3 Å². The van der Waals surface area contributed by atoms with Crippen LogP contribution < -0.4 is 5.32 Å². The lowest BCUT2D eigenvalue weighted by Crippen LogP contribution is -2.35. The monoisotopic (exact) mass is 319 g/mol. The minimum atomic E-state index is -0.180. The Bertz CT molecular complexity index is 341. The maximum Gasteiger partial charge on any atom is 0.224 e. The Hall–Kier alpha value is -0.620. The van der Waals surface area contributed by atoms with Crippen molar-refractivity contribution < 1.29 is 9.90 Å². The number of aliphatic hydroxyl groups excluding tert-OH is 1. The van der Waals surface area contributed by atoms with Crippen LogP contribution in [0.5, 0.6) is 0 Å². The van der Waals surface area contributed by atoms with Crippen LogP contribution in [0.25, 0.3) is 0 Å². The molecule has 0 aliphatic heterocycles. The molecular weight excluding hydrogens is 305 g/mol. The molecule has 0 fully saturated rings. The standard InChI is InChI=1S/C11H14INO2/c1-8(7-14)13-11(15)6-9-3-2-4-10(12)5-9/h2-5,8,14H,6-7H2,1H3,(H,13,15). The molecule has 3 nitrogen and oxygen atoms in total. The molecule has 0 radical (unpaired) electrons. The van der Waals surface area contributed by atoms with Crippen LogP contribution in [0.1, 0.15) is 12.5 Å². The van der Waals surface area contributed by atoms with Crippen LogP contribution in [0.4, 0.5) is 0 Å². The number of carbonyl (C=O) groups excluding carboxylic acids is 1. The topological polar surface area (TPSA) is 49.3 Å². The molecule has 0 saturated heterocycles. The lowest BCUT2D eigenvalue weighted by molar-refractivity contribution is -0.121. The number of rotatable bonds is 4. The van der Waals surface area contributed by atoms with Crippen LogP contribution in [-0.4, -0.2) is 23.7 Å². The highest BCUT2D eigenvalue weighted by molar-refractivity contribution is 14.1. The molecule has 4 heteroatoms.